The van der Waals surface area contributed by atoms with Crippen LogP contribution in [0.15, 0.2) is 6.20 Å². The van der Waals surface area contributed by atoms with Crippen molar-refractivity contribution in [1.82, 2.24) is 24.4 Å². The predicted molar refractivity (Wildman–Crippen MR) is 107 cm³/mol. The van der Waals surface area contributed by atoms with Crippen molar-refractivity contribution in [2.24, 2.45) is 5.73 Å². The van der Waals surface area contributed by atoms with Gasteiger partial charge in [-0.1, -0.05) is 0 Å². The molecule has 0 spiro atoms. The van der Waals surface area contributed by atoms with Crippen LogP contribution in [0.1, 0.15) is 53.0 Å². The van der Waals surface area contributed by atoms with Gasteiger partial charge in [0.1, 0.15) is 5.56 Å². The summed E-state index contributed by atoms with van der Waals surface area (Å²) in [6.45, 7) is 4.58. The van der Waals surface area contributed by atoms with Gasteiger partial charge in [0.15, 0.2) is 5.65 Å². The van der Waals surface area contributed by atoms with Crippen molar-refractivity contribution < 1.29 is 9.59 Å². The van der Waals surface area contributed by atoms with Crippen LogP contribution in [0.2, 0.25) is 0 Å². The monoisotopic (exact) mass is 386 g/mol. The summed E-state index contributed by atoms with van der Waals surface area (Å²) in [6, 6.07) is 0. The Kier molecular flexibility index (Phi) is 5.43. The molecule has 1 saturated carbocycles. The van der Waals surface area contributed by atoms with Crippen LogP contribution >= 0.6 is 0 Å². The minimum atomic E-state index is -0.545. The number of carbonyl (C=O) groups is 2. The fraction of sp³-hybridized carbons (Fsp3) is 0.600. The van der Waals surface area contributed by atoms with Crippen LogP contribution in [-0.4, -0.2) is 69.4 Å². The number of carbonyl (C=O) groups excluding carboxylic acids is 2. The summed E-state index contributed by atoms with van der Waals surface area (Å²) >= 11 is 0. The van der Waals surface area contributed by atoms with Crippen molar-refractivity contribution in [3.05, 3.63) is 28.7 Å². The van der Waals surface area contributed by atoms with Gasteiger partial charge in [0.25, 0.3) is 5.91 Å². The van der Waals surface area contributed by atoms with E-state index in [1.807, 2.05) is 25.8 Å². The topological polar surface area (TPSA) is 96.8 Å². The molecule has 28 heavy (non-hydrogen) atoms. The average Bonchev–Trinajstić information content (AvgIpc) is 3.01. The third kappa shape index (κ3) is 3.48. The van der Waals surface area contributed by atoms with E-state index in [0.29, 0.717) is 24.1 Å². The van der Waals surface area contributed by atoms with Gasteiger partial charge in [0.2, 0.25) is 5.91 Å². The Bertz CT molecular complexity index is 913. The Morgan fingerprint density at radius 1 is 1.25 bits per heavy atom. The molecule has 0 unspecified atom stereocenters. The smallest absolute Gasteiger partial charge is 0.254 e. The molecule has 2 aromatic rings. The van der Waals surface area contributed by atoms with E-state index in [9.17, 15) is 9.59 Å². The lowest BCUT2D eigenvalue weighted by molar-refractivity contribution is -0.132. The fourth-order valence-corrected chi connectivity index (χ4v) is 4.13. The van der Waals surface area contributed by atoms with E-state index < -0.39 is 5.91 Å². The van der Waals surface area contributed by atoms with Crippen LogP contribution in [0.5, 0.6) is 0 Å². The molecule has 152 valence electrons. The quantitative estimate of drug-likeness (QED) is 0.774. The van der Waals surface area contributed by atoms with Crippen molar-refractivity contribution in [3.8, 4) is 0 Å². The van der Waals surface area contributed by atoms with Crippen molar-refractivity contribution in [3.63, 3.8) is 0 Å². The average molecular weight is 387 g/mol. The lowest BCUT2D eigenvalue weighted by Crippen LogP contribution is -2.57. The number of likely N-dealkylation sites (N-methyl/N-ethyl adjacent to an activating group) is 2. The number of hydrogen-bond donors (Lipinski definition) is 1. The molecule has 8 heteroatoms. The summed E-state index contributed by atoms with van der Waals surface area (Å²) in [6.07, 6.45) is 5.94. The summed E-state index contributed by atoms with van der Waals surface area (Å²) in [5.41, 5.74) is 8.96. The molecule has 1 fully saturated rings. The second kappa shape index (κ2) is 7.50. The van der Waals surface area contributed by atoms with E-state index in [0.717, 1.165) is 36.3 Å². The summed E-state index contributed by atoms with van der Waals surface area (Å²) in [7, 11) is 6.07. The van der Waals surface area contributed by atoms with Crippen LogP contribution in [0.25, 0.3) is 5.65 Å². The van der Waals surface area contributed by atoms with E-state index in [-0.39, 0.29) is 11.4 Å². The molecular formula is C20H30N6O2. The highest BCUT2D eigenvalue weighted by atomic mass is 16.2. The van der Waals surface area contributed by atoms with Gasteiger partial charge >= 0.3 is 0 Å². The number of aromatic nitrogens is 3. The second-order valence-corrected chi connectivity index (χ2v) is 8.14. The number of fused-ring (bicyclic) bond motifs is 1. The van der Waals surface area contributed by atoms with Crippen molar-refractivity contribution in [2.75, 3.05) is 27.7 Å². The lowest BCUT2D eigenvalue weighted by Gasteiger charge is -2.49. The van der Waals surface area contributed by atoms with Crippen LogP contribution in [0, 0.1) is 13.8 Å². The van der Waals surface area contributed by atoms with Gasteiger partial charge in [-0.15, -0.1) is 0 Å². The Labute approximate surface area is 165 Å². The molecule has 2 N–H and O–H groups in total. The van der Waals surface area contributed by atoms with Crippen molar-refractivity contribution in [1.29, 1.82) is 0 Å². The minimum absolute atomic E-state index is 0.122. The van der Waals surface area contributed by atoms with E-state index in [1.54, 1.807) is 4.52 Å². The summed E-state index contributed by atoms with van der Waals surface area (Å²) in [4.78, 5) is 32.9. The standard InChI is InChI=1S/C20H30N6O2/c1-13-15(14(2)26-19(23-13)16(11-22-26)18(21)28)7-8-17(27)25(5)12-20(24(3)4)9-6-10-20/h11H,6-10,12H2,1-5H3,(H2,21,28). The predicted octanol–water partition coefficient (Wildman–Crippen LogP) is 1.32. The molecule has 3 rings (SSSR count). The van der Waals surface area contributed by atoms with E-state index in [4.69, 9.17) is 5.73 Å². The minimum Gasteiger partial charge on any atom is -0.365 e. The number of amides is 2. The SMILES string of the molecule is Cc1nc2c(C(N)=O)cnn2c(C)c1CCC(=O)N(C)CC1(N(C)C)CCC1. The Balaban J connectivity index is 1.72. The Morgan fingerprint density at radius 3 is 2.46 bits per heavy atom. The number of nitrogens with two attached hydrogens (primary N) is 1. The van der Waals surface area contributed by atoms with Crippen LogP contribution < -0.4 is 5.73 Å². The molecule has 0 saturated heterocycles. The number of hydrogen-bond acceptors (Lipinski definition) is 5. The number of nitrogens with zero attached hydrogens (tertiary/aromatic N) is 5. The second-order valence-electron chi connectivity index (χ2n) is 8.14. The summed E-state index contributed by atoms with van der Waals surface area (Å²) < 4.78 is 1.63. The largest absolute Gasteiger partial charge is 0.365 e. The first-order valence-corrected chi connectivity index (χ1v) is 9.71. The molecule has 2 heterocycles. The van der Waals surface area contributed by atoms with Gasteiger partial charge in [0, 0.05) is 36.9 Å². The summed E-state index contributed by atoms with van der Waals surface area (Å²) in [5.74, 6) is -0.415. The maximum atomic E-state index is 12.7. The zero-order valence-electron chi connectivity index (χ0n) is 17.4. The first kappa shape index (κ1) is 20.3. The molecule has 0 bridgehead atoms. The zero-order valence-corrected chi connectivity index (χ0v) is 17.4. The Hall–Kier alpha value is -2.48. The van der Waals surface area contributed by atoms with Gasteiger partial charge < -0.3 is 15.5 Å². The normalized spacial score (nSPS) is 15.6. The first-order valence-electron chi connectivity index (χ1n) is 9.71. The molecule has 1 aliphatic carbocycles. The van der Waals surface area contributed by atoms with Gasteiger partial charge in [-0.2, -0.15) is 5.10 Å². The van der Waals surface area contributed by atoms with Crippen LogP contribution in [-0.2, 0) is 11.2 Å². The van der Waals surface area contributed by atoms with Crippen LogP contribution in [0.3, 0.4) is 0 Å². The van der Waals surface area contributed by atoms with Crippen molar-refractivity contribution >= 4 is 17.5 Å². The first-order chi connectivity index (χ1) is 13.2. The number of aryl methyl sites for hydroxylation is 2. The fourth-order valence-electron chi connectivity index (χ4n) is 4.13. The molecule has 0 atom stereocenters. The molecule has 2 aromatic heterocycles. The molecule has 0 aromatic carbocycles. The van der Waals surface area contributed by atoms with E-state index in [2.05, 4.69) is 29.1 Å². The van der Waals surface area contributed by atoms with Gasteiger partial charge in [-0.3, -0.25) is 9.59 Å². The molecule has 1 aliphatic rings. The molecule has 0 aliphatic heterocycles. The third-order valence-corrected chi connectivity index (χ3v) is 6.25. The van der Waals surface area contributed by atoms with E-state index >= 15 is 0 Å². The summed E-state index contributed by atoms with van der Waals surface area (Å²) in [5, 5.41) is 4.24. The molecule has 0 radical (unpaired) electrons. The molecule has 8 nitrogen and oxygen atoms in total. The van der Waals surface area contributed by atoms with Gasteiger partial charge in [-0.25, -0.2) is 9.50 Å². The van der Waals surface area contributed by atoms with Gasteiger partial charge in [-0.05, 0) is 59.2 Å². The maximum absolute atomic E-state index is 12.7. The van der Waals surface area contributed by atoms with Crippen LogP contribution in [0.4, 0.5) is 0 Å². The highest BCUT2D eigenvalue weighted by molar-refractivity contribution is 5.98. The highest BCUT2D eigenvalue weighted by Crippen LogP contribution is 2.36. The third-order valence-electron chi connectivity index (χ3n) is 6.25. The van der Waals surface area contributed by atoms with E-state index in [1.165, 1.54) is 12.6 Å². The number of rotatable bonds is 7. The lowest BCUT2D eigenvalue weighted by atomic mass is 9.75. The molecular weight excluding hydrogens is 356 g/mol. The van der Waals surface area contributed by atoms with Gasteiger partial charge in [0.05, 0.1) is 6.20 Å². The zero-order chi connectivity index (χ0) is 20.6. The van der Waals surface area contributed by atoms with Crippen molar-refractivity contribution in [2.45, 2.75) is 51.5 Å². The Morgan fingerprint density at radius 2 is 1.93 bits per heavy atom. The molecule has 2 amide bonds. The number of primary amides is 1. The maximum Gasteiger partial charge on any atom is 0.254 e. The highest BCUT2D eigenvalue weighted by Gasteiger charge is 2.40.